The molecule has 0 radical (unpaired) electrons. The Morgan fingerprint density at radius 2 is 0.636 bits per heavy atom. The van der Waals surface area contributed by atoms with Crippen molar-refractivity contribution in [1.82, 2.24) is 5.32 Å². The molecule has 0 aromatic carbocycles. The minimum absolute atomic E-state index is 0.231. The molecular weight excluding hydrogens is 1390 g/mol. The first-order valence-electron chi connectivity index (χ1n) is 44.1. The molecule has 3 heterocycles. The summed E-state index contributed by atoms with van der Waals surface area (Å²) in [5.41, 5.74) is 0. The van der Waals surface area contributed by atoms with Crippen LogP contribution in [-0.2, 0) is 33.2 Å². The molecule has 3 aliphatic rings. The molecule has 17 unspecified atom stereocenters. The van der Waals surface area contributed by atoms with Gasteiger partial charge in [0.25, 0.3) is 0 Å². The lowest BCUT2D eigenvalue weighted by Crippen LogP contribution is -2.66. The van der Waals surface area contributed by atoms with Gasteiger partial charge in [-0.05, 0) is 96.3 Å². The number of ether oxygens (including phenoxy) is 6. The highest BCUT2D eigenvalue weighted by atomic mass is 16.8. The topological polar surface area (TPSA) is 307 Å². The first-order chi connectivity index (χ1) is 53.8. The van der Waals surface area contributed by atoms with Crippen molar-refractivity contribution in [2.75, 3.05) is 26.4 Å². The molecular formula is C91H159NO18. The minimum Gasteiger partial charge on any atom is -0.394 e. The molecule has 110 heavy (non-hydrogen) atoms. The van der Waals surface area contributed by atoms with Crippen LogP contribution in [-0.4, -0.2) is 193 Å². The number of nitrogens with one attached hydrogen (secondary N) is 1. The molecule has 3 rings (SSSR count). The molecule has 3 aliphatic heterocycles. The SMILES string of the molecule is CC/C=C\C/C=C\C/C=C\C/C=C\C/C=C\C/C=C\CCCCCCCCCCCCCCCCCCCCCCCCC(=O)NC(COC1OC(CO)C(OC2OC(CO)C(OC3OC(CO)C(O)C(O)C3O)C(O)C2O)C(O)C1O)C(O)/C=C/CC/C=C/CC/C=C/CCCCCCCCCCCCCCCC. The van der Waals surface area contributed by atoms with Gasteiger partial charge in [0, 0.05) is 6.42 Å². The van der Waals surface area contributed by atoms with Gasteiger partial charge < -0.3 is 89.9 Å². The highest BCUT2D eigenvalue weighted by Gasteiger charge is 2.54. The summed E-state index contributed by atoms with van der Waals surface area (Å²) in [6, 6.07) is -1.00. The number of aliphatic hydroxyl groups excluding tert-OH is 11. The summed E-state index contributed by atoms with van der Waals surface area (Å²) in [7, 11) is 0. The molecule has 0 aromatic heterocycles. The third-order valence-corrected chi connectivity index (χ3v) is 21.3. The molecule has 0 saturated carbocycles. The van der Waals surface area contributed by atoms with Crippen LogP contribution in [0.4, 0.5) is 0 Å². The fourth-order valence-corrected chi connectivity index (χ4v) is 14.3. The Morgan fingerprint density at radius 3 is 1.02 bits per heavy atom. The molecule has 3 saturated heterocycles. The molecule has 1 amide bonds. The largest absolute Gasteiger partial charge is 0.394 e. The molecule has 0 aliphatic carbocycles. The van der Waals surface area contributed by atoms with Gasteiger partial charge in [0.05, 0.1) is 38.6 Å². The predicted molar refractivity (Wildman–Crippen MR) is 443 cm³/mol. The Labute approximate surface area is 665 Å². The quantitative estimate of drug-likeness (QED) is 0.0199. The van der Waals surface area contributed by atoms with Gasteiger partial charge in [0.1, 0.15) is 73.2 Å². The van der Waals surface area contributed by atoms with Crippen LogP contribution in [0.2, 0.25) is 0 Å². The lowest BCUT2D eigenvalue weighted by atomic mass is 9.96. The summed E-state index contributed by atoms with van der Waals surface area (Å²) in [6.07, 6.45) is 71.0. The monoisotopic (exact) mass is 1550 g/mol. The number of hydrogen-bond donors (Lipinski definition) is 12. The van der Waals surface area contributed by atoms with Crippen LogP contribution in [0, 0.1) is 0 Å². The Kier molecular flexibility index (Phi) is 63.8. The standard InChI is InChI=1S/C91H159NO18/c1-3-5-7-9-11-13-15-17-19-21-23-25-27-29-30-31-32-33-34-35-36-37-38-39-40-41-42-43-44-45-47-49-51-53-55-57-59-61-63-65-67-69-79(97)92-74(75(96)68-66-64-62-60-58-56-54-52-50-48-46-28-26-24-22-20-18-16-14-12-10-8-6-4-2)73-105-89-85(103)82(100)87(77(71-94)107-89)110-91-86(104)83(101)88(78(72-95)108-91)109-90-84(102)81(99)80(98)76(70-93)106-90/h5,7,11,13,17,19,23,25,29-30,32-33,50,52,58,60,66,68,74-78,80-91,93-96,98-104H,3-4,6,8-10,12,14-16,18,20-22,24,26-28,31,34-49,51,53-57,59,61-65,67,69-73H2,1-2H3,(H,92,97)/b7-5-,13-11-,19-17-,25-23-,30-29-,33-32-,52-50+,60-58+,68-66+. The summed E-state index contributed by atoms with van der Waals surface area (Å²) >= 11 is 0. The van der Waals surface area contributed by atoms with Gasteiger partial charge in [0.2, 0.25) is 5.91 Å². The first kappa shape index (κ1) is 101. The zero-order valence-corrected chi connectivity index (χ0v) is 68.5. The van der Waals surface area contributed by atoms with Gasteiger partial charge >= 0.3 is 0 Å². The number of allylic oxidation sites excluding steroid dienone is 17. The first-order valence-corrected chi connectivity index (χ1v) is 44.1. The summed E-state index contributed by atoms with van der Waals surface area (Å²) in [5, 5.41) is 121. The summed E-state index contributed by atoms with van der Waals surface area (Å²) in [6.45, 7) is 1.63. The van der Waals surface area contributed by atoms with Gasteiger partial charge in [-0.15, -0.1) is 0 Å². The van der Waals surface area contributed by atoms with E-state index in [9.17, 15) is 61.0 Å². The summed E-state index contributed by atoms with van der Waals surface area (Å²) in [4.78, 5) is 13.5. The van der Waals surface area contributed by atoms with Crippen LogP contribution in [0.25, 0.3) is 0 Å². The van der Waals surface area contributed by atoms with Crippen LogP contribution in [0.3, 0.4) is 0 Å². The number of carbonyl (C=O) groups is 1. The van der Waals surface area contributed by atoms with Crippen LogP contribution >= 0.6 is 0 Å². The van der Waals surface area contributed by atoms with Gasteiger partial charge in [-0.3, -0.25) is 4.79 Å². The molecule has 3 fully saturated rings. The second kappa shape index (κ2) is 69.7. The maximum Gasteiger partial charge on any atom is 0.220 e. The van der Waals surface area contributed by atoms with E-state index in [0.717, 1.165) is 83.5 Å². The Balaban J connectivity index is 1.32. The van der Waals surface area contributed by atoms with E-state index in [1.54, 1.807) is 6.08 Å². The fraction of sp³-hybridized carbons (Fsp3) is 0.791. The lowest BCUT2D eigenvalue weighted by Gasteiger charge is -2.48. The number of carbonyl (C=O) groups excluding carboxylic acids is 1. The van der Waals surface area contributed by atoms with Crippen molar-refractivity contribution >= 4 is 5.91 Å². The van der Waals surface area contributed by atoms with Gasteiger partial charge in [0.15, 0.2) is 18.9 Å². The second-order valence-electron chi connectivity index (χ2n) is 31.0. The van der Waals surface area contributed by atoms with Gasteiger partial charge in [-0.2, -0.15) is 0 Å². The molecule has 0 spiro atoms. The van der Waals surface area contributed by atoms with E-state index in [1.165, 1.54) is 212 Å². The number of amides is 1. The van der Waals surface area contributed by atoms with E-state index in [4.69, 9.17) is 28.4 Å². The average molecular weight is 1560 g/mol. The molecule has 636 valence electrons. The van der Waals surface area contributed by atoms with Crippen molar-refractivity contribution in [2.45, 2.75) is 433 Å². The molecule has 19 nitrogen and oxygen atoms in total. The normalized spacial score (nSPS) is 25.7. The predicted octanol–water partition coefficient (Wildman–Crippen LogP) is 16.5. The van der Waals surface area contributed by atoms with E-state index in [1.807, 2.05) is 6.08 Å². The van der Waals surface area contributed by atoms with Gasteiger partial charge in [-0.1, -0.05) is 335 Å². The van der Waals surface area contributed by atoms with E-state index >= 15 is 0 Å². The van der Waals surface area contributed by atoms with Crippen LogP contribution in [0.5, 0.6) is 0 Å². The van der Waals surface area contributed by atoms with Crippen LogP contribution in [0.1, 0.15) is 328 Å². The number of unbranched alkanes of at least 4 members (excludes halogenated alkanes) is 38. The molecule has 17 atom stereocenters. The highest BCUT2D eigenvalue weighted by Crippen LogP contribution is 2.33. The maximum atomic E-state index is 13.5. The molecule has 12 N–H and O–H groups in total. The third kappa shape index (κ3) is 48.1. The van der Waals surface area contributed by atoms with E-state index in [0.29, 0.717) is 12.8 Å². The zero-order chi connectivity index (χ0) is 79.5. The van der Waals surface area contributed by atoms with Crippen molar-refractivity contribution in [1.29, 1.82) is 0 Å². The van der Waals surface area contributed by atoms with E-state index < -0.39 is 124 Å². The van der Waals surface area contributed by atoms with Crippen molar-refractivity contribution in [3.63, 3.8) is 0 Å². The number of rotatable bonds is 70. The van der Waals surface area contributed by atoms with Gasteiger partial charge in [-0.25, -0.2) is 0 Å². The van der Waals surface area contributed by atoms with Crippen molar-refractivity contribution in [3.8, 4) is 0 Å². The summed E-state index contributed by atoms with van der Waals surface area (Å²) < 4.78 is 34.5. The fourth-order valence-electron chi connectivity index (χ4n) is 14.3. The smallest absolute Gasteiger partial charge is 0.220 e. The van der Waals surface area contributed by atoms with Crippen molar-refractivity contribution in [3.05, 3.63) is 109 Å². The third-order valence-electron chi connectivity index (χ3n) is 21.3. The zero-order valence-electron chi connectivity index (χ0n) is 68.5. The van der Waals surface area contributed by atoms with E-state index in [2.05, 4.69) is 116 Å². The van der Waals surface area contributed by atoms with Crippen molar-refractivity contribution < 1.29 is 89.4 Å². The average Bonchev–Trinajstić information content (AvgIpc) is 0.782. The highest BCUT2D eigenvalue weighted by molar-refractivity contribution is 5.76. The maximum absolute atomic E-state index is 13.5. The Morgan fingerprint density at radius 1 is 0.336 bits per heavy atom. The van der Waals surface area contributed by atoms with Crippen LogP contribution in [0.15, 0.2) is 109 Å². The number of aliphatic hydroxyl groups is 11. The molecule has 0 aromatic rings. The molecule has 19 heteroatoms. The minimum atomic E-state index is -1.99. The Hall–Kier alpha value is -3.55. The molecule has 0 bridgehead atoms. The summed E-state index contributed by atoms with van der Waals surface area (Å²) in [5.74, 6) is -0.287. The van der Waals surface area contributed by atoms with Crippen molar-refractivity contribution in [2.24, 2.45) is 0 Å². The van der Waals surface area contributed by atoms with E-state index in [-0.39, 0.29) is 18.9 Å². The number of hydrogen-bond acceptors (Lipinski definition) is 18. The van der Waals surface area contributed by atoms with Crippen LogP contribution < -0.4 is 5.32 Å². The Bertz CT molecular complexity index is 2410. The lowest BCUT2D eigenvalue weighted by molar-refractivity contribution is -0.379. The second-order valence-corrected chi connectivity index (χ2v) is 31.0.